The summed E-state index contributed by atoms with van der Waals surface area (Å²) >= 11 is 0. The van der Waals surface area contributed by atoms with Gasteiger partial charge < -0.3 is 9.88 Å². The Kier molecular flexibility index (Phi) is 5.87. The summed E-state index contributed by atoms with van der Waals surface area (Å²) in [5.74, 6) is 0.625. The molecule has 2 aromatic rings. The van der Waals surface area contributed by atoms with Crippen LogP contribution in [-0.4, -0.2) is 40.0 Å². The van der Waals surface area contributed by atoms with Crippen LogP contribution in [0.25, 0.3) is 0 Å². The first-order valence-corrected chi connectivity index (χ1v) is 7.70. The molecule has 1 aromatic heterocycles. The number of nitrogens with one attached hydrogen (secondary N) is 1. The lowest BCUT2D eigenvalue weighted by Gasteiger charge is -2.23. The monoisotopic (exact) mass is 318 g/mol. The number of halogens is 1. The molecule has 0 saturated heterocycles. The normalized spacial score (nSPS) is 12.4. The van der Waals surface area contributed by atoms with E-state index in [0.717, 1.165) is 25.2 Å². The SMILES string of the molecule is C[C@H](C(=O)Nc1ccc(F)cc1)N(C)CCCc1nccn1C. The molecule has 0 spiro atoms. The van der Waals surface area contributed by atoms with Crippen molar-refractivity contribution in [2.45, 2.75) is 25.8 Å². The number of imidazole rings is 1. The highest BCUT2D eigenvalue weighted by Gasteiger charge is 2.18. The van der Waals surface area contributed by atoms with Gasteiger partial charge >= 0.3 is 0 Å². The van der Waals surface area contributed by atoms with Gasteiger partial charge in [0.2, 0.25) is 5.91 Å². The third kappa shape index (κ3) is 4.89. The second kappa shape index (κ2) is 7.87. The summed E-state index contributed by atoms with van der Waals surface area (Å²) < 4.78 is 14.9. The number of hydrogen-bond donors (Lipinski definition) is 1. The molecule has 23 heavy (non-hydrogen) atoms. The van der Waals surface area contributed by atoms with Crippen LogP contribution in [0.15, 0.2) is 36.7 Å². The fourth-order valence-electron chi connectivity index (χ4n) is 2.30. The first-order valence-electron chi connectivity index (χ1n) is 7.70. The molecule has 0 radical (unpaired) electrons. The summed E-state index contributed by atoms with van der Waals surface area (Å²) in [5.41, 5.74) is 0.602. The van der Waals surface area contributed by atoms with Gasteiger partial charge in [0.05, 0.1) is 6.04 Å². The van der Waals surface area contributed by atoms with Gasteiger partial charge in [-0.25, -0.2) is 9.37 Å². The van der Waals surface area contributed by atoms with Crippen LogP contribution < -0.4 is 5.32 Å². The third-order valence-corrected chi connectivity index (χ3v) is 3.98. The highest BCUT2D eigenvalue weighted by Crippen LogP contribution is 2.10. The molecule has 6 heteroatoms. The van der Waals surface area contributed by atoms with E-state index in [9.17, 15) is 9.18 Å². The van der Waals surface area contributed by atoms with Crippen molar-refractivity contribution in [2.75, 3.05) is 18.9 Å². The molecule has 0 aliphatic carbocycles. The van der Waals surface area contributed by atoms with Gasteiger partial charge in [-0.2, -0.15) is 0 Å². The maximum absolute atomic E-state index is 12.9. The number of carbonyl (C=O) groups excluding carboxylic acids is 1. The van der Waals surface area contributed by atoms with Crippen molar-refractivity contribution in [2.24, 2.45) is 7.05 Å². The van der Waals surface area contributed by atoms with Gasteiger partial charge in [-0.3, -0.25) is 9.69 Å². The summed E-state index contributed by atoms with van der Waals surface area (Å²) in [6.07, 6.45) is 5.52. The van der Waals surface area contributed by atoms with Gasteiger partial charge in [0, 0.05) is 31.5 Å². The average Bonchev–Trinajstić information content (AvgIpc) is 2.94. The molecule has 0 aliphatic heterocycles. The van der Waals surface area contributed by atoms with Crippen LogP contribution in [0.3, 0.4) is 0 Å². The van der Waals surface area contributed by atoms with E-state index in [1.807, 2.05) is 36.7 Å². The zero-order chi connectivity index (χ0) is 16.8. The molecule has 1 heterocycles. The van der Waals surface area contributed by atoms with E-state index in [0.29, 0.717) is 5.69 Å². The number of nitrogens with zero attached hydrogens (tertiary/aromatic N) is 3. The predicted octanol–water partition coefficient (Wildman–Crippen LogP) is 2.45. The molecular weight excluding hydrogens is 295 g/mol. The number of aryl methyl sites for hydroxylation is 2. The van der Waals surface area contributed by atoms with Gasteiger partial charge in [0.15, 0.2) is 0 Å². The summed E-state index contributed by atoms with van der Waals surface area (Å²) in [6, 6.07) is 5.51. The molecule has 1 amide bonds. The van der Waals surface area contributed by atoms with Crippen molar-refractivity contribution < 1.29 is 9.18 Å². The molecule has 2 rings (SSSR count). The van der Waals surface area contributed by atoms with E-state index in [1.54, 1.807) is 18.3 Å². The van der Waals surface area contributed by atoms with E-state index >= 15 is 0 Å². The van der Waals surface area contributed by atoms with E-state index in [4.69, 9.17) is 0 Å². The first kappa shape index (κ1) is 17.1. The highest BCUT2D eigenvalue weighted by atomic mass is 19.1. The maximum Gasteiger partial charge on any atom is 0.241 e. The number of carbonyl (C=O) groups is 1. The van der Waals surface area contributed by atoms with Crippen molar-refractivity contribution in [3.8, 4) is 0 Å². The van der Waals surface area contributed by atoms with Crippen LogP contribution in [0.4, 0.5) is 10.1 Å². The molecule has 0 saturated carbocycles. The van der Waals surface area contributed by atoms with Gasteiger partial charge in [-0.05, 0) is 51.2 Å². The average molecular weight is 318 g/mol. The van der Waals surface area contributed by atoms with Gasteiger partial charge in [0.25, 0.3) is 0 Å². The number of amides is 1. The maximum atomic E-state index is 12.9. The molecule has 1 atom stereocenters. The minimum Gasteiger partial charge on any atom is -0.338 e. The topological polar surface area (TPSA) is 50.2 Å². The van der Waals surface area contributed by atoms with Crippen molar-refractivity contribution in [3.05, 3.63) is 48.3 Å². The van der Waals surface area contributed by atoms with Gasteiger partial charge in [0.1, 0.15) is 11.6 Å². The Labute approximate surface area is 136 Å². The molecule has 5 nitrogen and oxygen atoms in total. The van der Waals surface area contributed by atoms with Gasteiger partial charge in [-0.1, -0.05) is 0 Å². The van der Waals surface area contributed by atoms with Crippen molar-refractivity contribution in [1.29, 1.82) is 0 Å². The van der Waals surface area contributed by atoms with Crippen molar-refractivity contribution in [1.82, 2.24) is 14.5 Å². The van der Waals surface area contributed by atoms with Gasteiger partial charge in [-0.15, -0.1) is 0 Å². The standard InChI is InChI=1S/C17H23FN4O/c1-13(17(23)20-15-8-6-14(18)7-9-15)21(2)11-4-5-16-19-10-12-22(16)3/h6-10,12-13H,4-5,11H2,1-3H3,(H,20,23)/t13-/m1/s1. The molecule has 1 N–H and O–H groups in total. The highest BCUT2D eigenvalue weighted by molar-refractivity contribution is 5.94. The smallest absolute Gasteiger partial charge is 0.241 e. The number of rotatable bonds is 7. The lowest BCUT2D eigenvalue weighted by molar-refractivity contribution is -0.120. The summed E-state index contributed by atoms with van der Waals surface area (Å²) in [4.78, 5) is 18.5. The summed E-state index contributed by atoms with van der Waals surface area (Å²) in [7, 11) is 3.90. The zero-order valence-electron chi connectivity index (χ0n) is 13.8. The van der Waals surface area contributed by atoms with E-state index in [-0.39, 0.29) is 17.8 Å². The zero-order valence-corrected chi connectivity index (χ0v) is 13.8. The number of anilines is 1. The Morgan fingerprint density at radius 3 is 2.70 bits per heavy atom. The van der Waals surface area contributed by atoms with E-state index in [1.165, 1.54) is 12.1 Å². The fraction of sp³-hybridized carbons (Fsp3) is 0.412. The Balaban J connectivity index is 1.79. The largest absolute Gasteiger partial charge is 0.338 e. The predicted molar refractivity (Wildman–Crippen MR) is 88.7 cm³/mol. The molecule has 124 valence electrons. The molecular formula is C17H23FN4O. The lowest BCUT2D eigenvalue weighted by atomic mass is 10.2. The molecule has 0 unspecified atom stereocenters. The Bertz CT molecular complexity index is 638. The lowest BCUT2D eigenvalue weighted by Crippen LogP contribution is -2.40. The Hall–Kier alpha value is -2.21. The number of benzene rings is 1. The first-order chi connectivity index (χ1) is 11.0. The van der Waals surface area contributed by atoms with Crippen LogP contribution in [0.2, 0.25) is 0 Å². The van der Waals surface area contributed by atoms with E-state index < -0.39 is 0 Å². The van der Waals surface area contributed by atoms with Crippen LogP contribution >= 0.6 is 0 Å². The fourth-order valence-corrected chi connectivity index (χ4v) is 2.30. The van der Waals surface area contributed by atoms with Crippen LogP contribution in [0, 0.1) is 5.82 Å². The summed E-state index contributed by atoms with van der Waals surface area (Å²) in [5, 5.41) is 2.80. The molecule has 1 aromatic carbocycles. The number of aromatic nitrogens is 2. The second-order valence-corrected chi connectivity index (χ2v) is 5.71. The van der Waals surface area contributed by atoms with Crippen LogP contribution in [-0.2, 0) is 18.3 Å². The molecule has 0 bridgehead atoms. The van der Waals surface area contributed by atoms with E-state index in [2.05, 4.69) is 10.3 Å². The minimum atomic E-state index is -0.317. The number of hydrogen-bond acceptors (Lipinski definition) is 3. The van der Waals surface area contributed by atoms with Crippen LogP contribution in [0.1, 0.15) is 19.2 Å². The molecule has 0 aliphatic rings. The summed E-state index contributed by atoms with van der Waals surface area (Å²) in [6.45, 7) is 2.66. The van der Waals surface area contributed by atoms with Crippen LogP contribution in [0.5, 0.6) is 0 Å². The Morgan fingerprint density at radius 1 is 1.39 bits per heavy atom. The number of likely N-dealkylation sites (N-methyl/N-ethyl adjacent to an activating group) is 1. The minimum absolute atomic E-state index is 0.101. The van der Waals surface area contributed by atoms with Crippen molar-refractivity contribution in [3.63, 3.8) is 0 Å². The third-order valence-electron chi connectivity index (χ3n) is 3.98. The quantitative estimate of drug-likeness (QED) is 0.853. The van der Waals surface area contributed by atoms with Crippen molar-refractivity contribution >= 4 is 11.6 Å². The molecule has 0 fully saturated rings. The Morgan fingerprint density at radius 2 is 2.09 bits per heavy atom. The second-order valence-electron chi connectivity index (χ2n) is 5.71.